The minimum absolute atomic E-state index is 0.318. The highest BCUT2D eigenvalue weighted by atomic mass is 15.3. The smallest absolute Gasteiger partial charge is 0.191 e. The van der Waals surface area contributed by atoms with Crippen LogP contribution in [0.4, 0.5) is 0 Å². The summed E-state index contributed by atoms with van der Waals surface area (Å²) in [6.07, 6.45) is 4.81. The Balaban J connectivity index is 1.82. The second-order valence-corrected chi connectivity index (χ2v) is 7.19. The zero-order chi connectivity index (χ0) is 18.2. The molecule has 2 rings (SSSR count). The van der Waals surface area contributed by atoms with Gasteiger partial charge in [-0.2, -0.15) is 5.10 Å². The fourth-order valence-corrected chi connectivity index (χ4v) is 3.51. The number of guanidine groups is 1. The number of nitrogens with zero attached hydrogens (tertiary/aromatic N) is 4. The van der Waals surface area contributed by atoms with Crippen molar-refractivity contribution in [3.05, 3.63) is 17.0 Å². The summed E-state index contributed by atoms with van der Waals surface area (Å²) in [6, 6.07) is 0.318. The van der Waals surface area contributed by atoms with Crippen molar-refractivity contribution in [3.8, 4) is 0 Å². The molecule has 1 aliphatic rings. The summed E-state index contributed by atoms with van der Waals surface area (Å²) in [6.45, 7) is 14.0. The molecule has 1 aromatic rings. The molecule has 1 atom stereocenters. The number of aryl methyl sites for hydroxylation is 2. The third-order valence-corrected chi connectivity index (χ3v) is 5.00. The van der Waals surface area contributed by atoms with Gasteiger partial charge in [-0.3, -0.25) is 9.67 Å². The predicted octanol–water partition coefficient (Wildman–Crippen LogP) is 2.01. The number of hydrogen-bond acceptors (Lipinski definition) is 3. The van der Waals surface area contributed by atoms with E-state index in [1.807, 2.05) is 11.7 Å². The second-order valence-electron chi connectivity index (χ2n) is 7.19. The fourth-order valence-electron chi connectivity index (χ4n) is 3.51. The molecule has 6 heteroatoms. The van der Waals surface area contributed by atoms with E-state index < -0.39 is 0 Å². The third kappa shape index (κ3) is 6.03. The first-order valence-electron chi connectivity index (χ1n) is 9.77. The quantitative estimate of drug-likeness (QED) is 0.429. The minimum atomic E-state index is 0.318. The van der Waals surface area contributed by atoms with E-state index in [9.17, 15) is 0 Å². The Kier molecular flexibility index (Phi) is 7.75. The van der Waals surface area contributed by atoms with Gasteiger partial charge >= 0.3 is 0 Å². The number of hydrogen-bond donors (Lipinski definition) is 2. The molecule has 0 spiro atoms. The molecule has 142 valence electrons. The maximum Gasteiger partial charge on any atom is 0.191 e. The molecular formula is C19H36N6. The number of aliphatic imine (C=N–C) groups is 1. The van der Waals surface area contributed by atoms with Gasteiger partial charge in [-0.1, -0.05) is 0 Å². The molecule has 0 amide bonds. The molecule has 1 aromatic heterocycles. The summed E-state index contributed by atoms with van der Waals surface area (Å²) in [4.78, 5) is 7.30. The van der Waals surface area contributed by atoms with E-state index in [0.29, 0.717) is 6.04 Å². The molecule has 2 N–H and O–H groups in total. The molecule has 0 radical (unpaired) electrons. The third-order valence-electron chi connectivity index (χ3n) is 5.00. The van der Waals surface area contributed by atoms with Crippen LogP contribution in [0.2, 0.25) is 0 Å². The Morgan fingerprint density at radius 3 is 2.60 bits per heavy atom. The molecule has 6 nitrogen and oxygen atoms in total. The van der Waals surface area contributed by atoms with Gasteiger partial charge in [0.15, 0.2) is 5.96 Å². The molecule has 0 bridgehead atoms. The standard InChI is InChI=1S/C19H36N6/c1-6-20-19(21-10-9-13-25-11-7-8-12-25)22-15(2)14-18-16(3)23-24(5)17(18)4/h15H,6-14H2,1-5H3,(H2,20,21,22). The van der Waals surface area contributed by atoms with Crippen molar-refractivity contribution < 1.29 is 0 Å². The van der Waals surface area contributed by atoms with E-state index in [-0.39, 0.29) is 0 Å². The van der Waals surface area contributed by atoms with Crippen molar-refractivity contribution in [2.45, 2.75) is 59.4 Å². The Morgan fingerprint density at radius 1 is 1.28 bits per heavy atom. The van der Waals surface area contributed by atoms with Crippen LogP contribution in [0.25, 0.3) is 0 Å². The molecule has 25 heavy (non-hydrogen) atoms. The fraction of sp³-hybridized carbons (Fsp3) is 0.789. The molecule has 1 saturated heterocycles. The number of rotatable bonds is 8. The first-order chi connectivity index (χ1) is 12.0. The van der Waals surface area contributed by atoms with Crippen molar-refractivity contribution in [3.63, 3.8) is 0 Å². The molecule has 1 aliphatic heterocycles. The van der Waals surface area contributed by atoms with Crippen LogP contribution in [-0.4, -0.2) is 59.4 Å². The normalized spacial score (nSPS) is 17.1. The van der Waals surface area contributed by atoms with Gasteiger partial charge in [0.25, 0.3) is 0 Å². The molecule has 0 aliphatic carbocycles. The van der Waals surface area contributed by atoms with Gasteiger partial charge in [0.05, 0.1) is 5.69 Å². The maximum absolute atomic E-state index is 4.75. The van der Waals surface area contributed by atoms with Crippen LogP contribution in [0, 0.1) is 13.8 Å². The number of aromatic nitrogens is 2. The summed E-state index contributed by atoms with van der Waals surface area (Å²) in [5, 5.41) is 11.4. The van der Waals surface area contributed by atoms with Crippen molar-refractivity contribution in [2.24, 2.45) is 12.0 Å². The van der Waals surface area contributed by atoms with Crippen LogP contribution in [0.1, 0.15) is 50.1 Å². The van der Waals surface area contributed by atoms with Crippen molar-refractivity contribution in [1.82, 2.24) is 25.3 Å². The first-order valence-corrected chi connectivity index (χ1v) is 9.77. The summed E-state index contributed by atoms with van der Waals surface area (Å²) >= 11 is 0. The molecule has 0 aromatic carbocycles. The van der Waals surface area contributed by atoms with Crippen LogP contribution in [0.3, 0.4) is 0 Å². The zero-order valence-electron chi connectivity index (χ0n) is 16.7. The van der Waals surface area contributed by atoms with Gasteiger partial charge in [-0.25, -0.2) is 0 Å². The van der Waals surface area contributed by atoms with Gasteiger partial charge in [0, 0.05) is 31.9 Å². The zero-order valence-corrected chi connectivity index (χ0v) is 16.7. The van der Waals surface area contributed by atoms with Crippen LogP contribution < -0.4 is 10.6 Å². The van der Waals surface area contributed by atoms with Gasteiger partial charge < -0.3 is 15.5 Å². The number of likely N-dealkylation sites (tertiary alicyclic amines) is 1. The molecular weight excluding hydrogens is 312 g/mol. The van der Waals surface area contributed by atoms with Crippen LogP contribution in [0.15, 0.2) is 4.99 Å². The van der Waals surface area contributed by atoms with E-state index >= 15 is 0 Å². The largest absolute Gasteiger partial charge is 0.357 e. The molecule has 2 heterocycles. The lowest BCUT2D eigenvalue weighted by molar-refractivity contribution is 0.336. The molecule has 0 saturated carbocycles. The highest BCUT2D eigenvalue weighted by Crippen LogP contribution is 2.14. The molecule has 1 fully saturated rings. The highest BCUT2D eigenvalue weighted by molar-refractivity contribution is 5.80. The van der Waals surface area contributed by atoms with Crippen molar-refractivity contribution in [2.75, 3.05) is 32.7 Å². The maximum atomic E-state index is 4.75. The van der Waals surface area contributed by atoms with Crippen LogP contribution >= 0.6 is 0 Å². The van der Waals surface area contributed by atoms with Gasteiger partial charge in [0.2, 0.25) is 0 Å². The predicted molar refractivity (Wildman–Crippen MR) is 105 cm³/mol. The van der Waals surface area contributed by atoms with E-state index in [1.165, 1.54) is 43.7 Å². The minimum Gasteiger partial charge on any atom is -0.357 e. The lowest BCUT2D eigenvalue weighted by Gasteiger charge is -2.18. The van der Waals surface area contributed by atoms with Crippen LogP contribution in [-0.2, 0) is 13.5 Å². The Labute approximate surface area is 153 Å². The lowest BCUT2D eigenvalue weighted by atomic mass is 10.1. The monoisotopic (exact) mass is 348 g/mol. The summed E-state index contributed by atoms with van der Waals surface area (Å²) in [5.41, 5.74) is 3.72. The summed E-state index contributed by atoms with van der Waals surface area (Å²) in [7, 11) is 2.01. The van der Waals surface area contributed by atoms with Gasteiger partial charge in [-0.05, 0) is 78.6 Å². The first kappa shape index (κ1) is 19.8. The SMILES string of the molecule is CCNC(=NCCCN1CCCC1)NC(C)Cc1c(C)nn(C)c1C. The lowest BCUT2D eigenvalue weighted by Crippen LogP contribution is -2.43. The Morgan fingerprint density at radius 2 is 2.00 bits per heavy atom. The highest BCUT2D eigenvalue weighted by Gasteiger charge is 2.14. The number of nitrogens with one attached hydrogen (secondary N) is 2. The van der Waals surface area contributed by atoms with Gasteiger partial charge in [0.1, 0.15) is 0 Å². The van der Waals surface area contributed by atoms with E-state index in [1.54, 1.807) is 0 Å². The summed E-state index contributed by atoms with van der Waals surface area (Å²) < 4.78 is 1.97. The average molecular weight is 349 g/mol. The summed E-state index contributed by atoms with van der Waals surface area (Å²) in [5.74, 6) is 0.926. The van der Waals surface area contributed by atoms with E-state index in [2.05, 4.69) is 48.3 Å². The topological polar surface area (TPSA) is 57.5 Å². The van der Waals surface area contributed by atoms with Crippen LogP contribution in [0.5, 0.6) is 0 Å². The Hall–Kier alpha value is -1.56. The van der Waals surface area contributed by atoms with E-state index in [0.717, 1.165) is 37.6 Å². The molecule has 1 unspecified atom stereocenters. The van der Waals surface area contributed by atoms with E-state index in [4.69, 9.17) is 4.99 Å². The average Bonchev–Trinajstić information content (AvgIpc) is 3.16. The second kappa shape index (κ2) is 9.80. The Bertz CT molecular complexity index is 557. The van der Waals surface area contributed by atoms with Crippen molar-refractivity contribution in [1.29, 1.82) is 0 Å². The van der Waals surface area contributed by atoms with Gasteiger partial charge in [-0.15, -0.1) is 0 Å². The van der Waals surface area contributed by atoms with Crippen molar-refractivity contribution >= 4 is 5.96 Å².